The van der Waals surface area contributed by atoms with E-state index in [1.165, 1.54) is 18.6 Å². The van der Waals surface area contributed by atoms with E-state index in [4.69, 9.17) is 5.11 Å². The Balaban J connectivity index is 1.82. The summed E-state index contributed by atoms with van der Waals surface area (Å²) in [5, 5.41) is 18.9. The van der Waals surface area contributed by atoms with Crippen LogP contribution in [0.2, 0.25) is 0 Å². The highest BCUT2D eigenvalue weighted by molar-refractivity contribution is 5.66. The zero-order valence-electron chi connectivity index (χ0n) is 14.8. The molecule has 0 spiro atoms. The number of nitrogens with zero attached hydrogens (tertiary/aromatic N) is 5. The summed E-state index contributed by atoms with van der Waals surface area (Å²) in [5.41, 5.74) is -1.06. The first-order chi connectivity index (χ1) is 14.1. The van der Waals surface area contributed by atoms with Gasteiger partial charge in [0.1, 0.15) is 11.6 Å². The number of aliphatic carboxylic acids is 1. The predicted octanol–water partition coefficient (Wildman–Crippen LogP) is 2.08. The maximum absolute atomic E-state index is 14.1. The number of halogens is 4. The number of ether oxygens (including phenoxy) is 1. The number of aryl methyl sites for hydroxylation is 1. The first-order valence-electron chi connectivity index (χ1n) is 8.14. The fraction of sp³-hybridized carbons (Fsp3) is 0.188. The van der Waals surface area contributed by atoms with E-state index >= 15 is 0 Å². The van der Waals surface area contributed by atoms with Crippen LogP contribution < -0.4 is 15.6 Å². The number of hydrogen-bond donors (Lipinski definition) is 2. The number of aromatic nitrogens is 5. The molecule has 0 amide bonds. The maximum atomic E-state index is 14.1. The van der Waals surface area contributed by atoms with E-state index in [9.17, 15) is 27.2 Å². The van der Waals surface area contributed by atoms with Crippen LogP contribution in [0, 0.1) is 5.82 Å². The Morgan fingerprint density at radius 2 is 2.07 bits per heavy atom. The zero-order valence-corrected chi connectivity index (χ0v) is 14.8. The number of benzene rings is 1. The number of anilines is 2. The lowest BCUT2D eigenvalue weighted by molar-refractivity contribution is -0.274. The summed E-state index contributed by atoms with van der Waals surface area (Å²) in [7, 11) is 0. The second kappa shape index (κ2) is 8.18. The molecule has 0 aliphatic carbocycles. The van der Waals surface area contributed by atoms with Crippen molar-refractivity contribution >= 4 is 17.5 Å². The summed E-state index contributed by atoms with van der Waals surface area (Å²) >= 11 is 0. The van der Waals surface area contributed by atoms with Gasteiger partial charge >= 0.3 is 12.3 Å². The molecule has 1 aromatic carbocycles. The Kier molecular flexibility index (Phi) is 5.66. The molecule has 2 heterocycles. The Labute approximate surface area is 164 Å². The molecule has 30 heavy (non-hydrogen) atoms. The van der Waals surface area contributed by atoms with Crippen molar-refractivity contribution in [2.24, 2.45) is 0 Å². The second-order valence-electron chi connectivity index (χ2n) is 5.71. The topological polar surface area (TPSA) is 124 Å². The van der Waals surface area contributed by atoms with Crippen LogP contribution >= 0.6 is 0 Å². The first-order valence-corrected chi connectivity index (χ1v) is 8.14. The third-order valence-corrected chi connectivity index (χ3v) is 3.56. The van der Waals surface area contributed by atoms with Gasteiger partial charge in [-0.05, 0) is 12.1 Å². The molecule has 14 heteroatoms. The molecule has 10 nitrogen and oxygen atoms in total. The van der Waals surface area contributed by atoms with Crippen molar-refractivity contribution in [3.8, 4) is 11.6 Å². The van der Waals surface area contributed by atoms with Crippen LogP contribution in [0.1, 0.15) is 6.42 Å². The van der Waals surface area contributed by atoms with Crippen molar-refractivity contribution in [1.29, 1.82) is 0 Å². The zero-order chi connectivity index (χ0) is 21.9. The van der Waals surface area contributed by atoms with Gasteiger partial charge in [-0.2, -0.15) is 9.90 Å². The van der Waals surface area contributed by atoms with Crippen molar-refractivity contribution in [3.05, 3.63) is 53.0 Å². The lowest BCUT2D eigenvalue weighted by Gasteiger charge is -2.11. The van der Waals surface area contributed by atoms with Gasteiger partial charge in [0.15, 0.2) is 11.6 Å². The first kappa shape index (κ1) is 20.8. The van der Waals surface area contributed by atoms with Gasteiger partial charge in [-0.25, -0.2) is 9.37 Å². The number of alkyl halides is 3. The third kappa shape index (κ3) is 5.09. The van der Waals surface area contributed by atoms with E-state index < -0.39 is 29.5 Å². The summed E-state index contributed by atoms with van der Waals surface area (Å²) in [5.74, 6) is -3.18. The highest BCUT2D eigenvalue weighted by Gasteiger charge is 2.31. The fourth-order valence-corrected chi connectivity index (χ4v) is 2.30. The number of carbonyl (C=O) groups is 1. The van der Waals surface area contributed by atoms with E-state index in [2.05, 4.69) is 25.2 Å². The summed E-state index contributed by atoms with van der Waals surface area (Å²) in [6, 6.07) is 2.33. The van der Waals surface area contributed by atoms with Crippen molar-refractivity contribution in [3.63, 3.8) is 0 Å². The lowest BCUT2D eigenvalue weighted by Crippen LogP contribution is -2.22. The summed E-state index contributed by atoms with van der Waals surface area (Å²) < 4.78 is 55.4. The molecule has 0 radical (unpaired) electrons. The van der Waals surface area contributed by atoms with Gasteiger partial charge in [-0.1, -0.05) is 0 Å². The SMILES string of the molecule is O=C(O)CCn1ncc(-n2ccnc(Nc3ccc(OC(F)(F)F)cc3F)c2=O)n1. The number of carboxylic acid groups (broad SMARTS) is 1. The minimum Gasteiger partial charge on any atom is -0.481 e. The van der Waals surface area contributed by atoms with Gasteiger partial charge < -0.3 is 15.2 Å². The van der Waals surface area contributed by atoms with Crippen LogP contribution in [-0.2, 0) is 11.3 Å². The van der Waals surface area contributed by atoms with Crippen molar-refractivity contribution in [1.82, 2.24) is 24.5 Å². The van der Waals surface area contributed by atoms with Crippen molar-refractivity contribution < 1.29 is 32.2 Å². The molecule has 158 valence electrons. The lowest BCUT2D eigenvalue weighted by atomic mass is 10.3. The van der Waals surface area contributed by atoms with Gasteiger partial charge in [-0.3, -0.25) is 14.2 Å². The number of carboxylic acids is 1. The molecule has 0 saturated heterocycles. The third-order valence-electron chi connectivity index (χ3n) is 3.56. The van der Waals surface area contributed by atoms with Crippen LogP contribution in [-0.4, -0.2) is 42.0 Å². The van der Waals surface area contributed by atoms with Gasteiger partial charge in [0.05, 0.1) is 24.8 Å². The van der Waals surface area contributed by atoms with E-state index in [0.717, 1.165) is 21.5 Å². The number of rotatable bonds is 7. The fourth-order valence-electron chi connectivity index (χ4n) is 2.30. The van der Waals surface area contributed by atoms with Crippen LogP contribution in [0.3, 0.4) is 0 Å². The molecule has 0 fully saturated rings. The summed E-state index contributed by atoms with van der Waals surface area (Å²) in [6.45, 7) is -0.0160. The molecule has 0 unspecified atom stereocenters. The largest absolute Gasteiger partial charge is 0.573 e. The standard InChI is InChI=1S/C16H12F4N6O4/c17-10-7-9(30-16(18,19)20)1-2-11(10)23-14-15(29)25(6-4-21-14)12-8-22-26(24-12)5-3-13(27)28/h1-2,4,6-8H,3,5H2,(H,21,23)(H,27,28). The average molecular weight is 428 g/mol. The number of hydrogen-bond acceptors (Lipinski definition) is 7. The maximum Gasteiger partial charge on any atom is 0.573 e. The molecule has 0 aliphatic rings. The van der Waals surface area contributed by atoms with Gasteiger partial charge in [-0.15, -0.1) is 18.3 Å². The highest BCUT2D eigenvalue weighted by Crippen LogP contribution is 2.27. The summed E-state index contributed by atoms with van der Waals surface area (Å²) in [6.07, 6.45) is -1.51. The quantitative estimate of drug-likeness (QED) is 0.548. The van der Waals surface area contributed by atoms with Gasteiger partial charge in [0, 0.05) is 18.5 Å². The summed E-state index contributed by atoms with van der Waals surface area (Å²) in [4.78, 5) is 28.1. The van der Waals surface area contributed by atoms with E-state index in [1.807, 2.05) is 0 Å². The minimum absolute atomic E-state index is 0.0160. The second-order valence-corrected chi connectivity index (χ2v) is 5.71. The van der Waals surface area contributed by atoms with Crippen molar-refractivity contribution in [2.75, 3.05) is 5.32 Å². The molecule has 2 aromatic heterocycles. The highest BCUT2D eigenvalue weighted by atomic mass is 19.4. The molecular formula is C16H12F4N6O4. The molecular weight excluding hydrogens is 416 g/mol. The van der Waals surface area contributed by atoms with Crippen LogP contribution in [0.15, 0.2) is 41.6 Å². The Morgan fingerprint density at radius 1 is 1.30 bits per heavy atom. The van der Waals surface area contributed by atoms with Crippen LogP contribution in [0.5, 0.6) is 5.75 Å². The van der Waals surface area contributed by atoms with Gasteiger partial charge in [0.25, 0.3) is 5.56 Å². The van der Waals surface area contributed by atoms with Crippen molar-refractivity contribution in [2.45, 2.75) is 19.3 Å². The van der Waals surface area contributed by atoms with E-state index in [1.54, 1.807) is 0 Å². The molecule has 0 aliphatic heterocycles. The molecule has 3 rings (SSSR count). The number of nitrogens with one attached hydrogen (secondary N) is 1. The smallest absolute Gasteiger partial charge is 0.481 e. The molecule has 0 saturated carbocycles. The minimum atomic E-state index is -4.97. The molecule has 2 N–H and O–H groups in total. The molecule has 0 bridgehead atoms. The van der Waals surface area contributed by atoms with Crippen LogP contribution in [0.25, 0.3) is 5.82 Å². The predicted molar refractivity (Wildman–Crippen MR) is 92.0 cm³/mol. The van der Waals surface area contributed by atoms with Gasteiger partial charge in [0.2, 0.25) is 0 Å². The van der Waals surface area contributed by atoms with E-state index in [-0.39, 0.29) is 30.3 Å². The molecule has 3 aromatic rings. The average Bonchev–Trinajstić information content (AvgIpc) is 3.11. The Morgan fingerprint density at radius 3 is 2.73 bits per heavy atom. The normalized spacial score (nSPS) is 11.3. The Hall–Kier alpha value is -3.97. The monoisotopic (exact) mass is 428 g/mol. The van der Waals surface area contributed by atoms with E-state index in [0.29, 0.717) is 6.07 Å². The Bertz CT molecular complexity index is 1130. The molecule has 0 atom stereocenters. The van der Waals surface area contributed by atoms with Crippen LogP contribution in [0.4, 0.5) is 29.1 Å².